The van der Waals surface area contributed by atoms with Crippen molar-refractivity contribution >= 4 is 17.0 Å². The van der Waals surface area contributed by atoms with Crippen molar-refractivity contribution in [2.45, 2.75) is 13.8 Å². The molecule has 0 radical (unpaired) electrons. The molecule has 0 atom stereocenters. The molecule has 0 aliphatic heterocycles. The zero-order chi connectivity index (χ0) is 7.56. The molecule has 2 nitrogen and oxygen atoms in total. The quantitative estimate of drug-likeness (QED) is 0.376. The minimum absolute atomic E-state index is 0.679. The van der Waals surface area contributed by atoms with E-state index in [0.717, 1.165) is 4.88 Å². The topological polar surface area (TPSA) is 32.6 Å². The van der Waals surface area contributed by atoms with Gasteiger partial charge in [0.2, 0.25) is 0 Å². The number of hydrogen-bond donors (Lipinski definition) is 1. The zero-order valence-electron chi connectivity index (χ0n) is 5.96. The Balaban J connectivity index is 2.95. The Morgan fingerprint density at radius 3 is 2.80 bits per heavy atom. The van der Waals surface area contributed by atoms with Gasteiger partial charge in [0.05, 0.1) is 10.6 Å². The van der Waals surface area contributed by atoms with Gasteiger partial charge in [-0.1, -0.05) is 5.16 Å². The number of rotatable bonds is 1. The van der Waals surface area contributed by atoms with Crippen molar-refractivity contribution in [2.75, 3.05) is 0 Å². The fraction of sp³-hybridized carbons (Fsp3) is 0.286. The lowest BCUT2D eigenvalue weighted by molar-refractivity contribution is 0.319. The van der Waals surface area contributed by atoms with Gasteiger partial charge in [-0.05, 0) is 30.9 Å². The van der Waals surface area contributed by atoms with Crippen molar-refractivity contribution < 1.29 is 5.21 Å². The minimum atomic E-state index is 0.679. The third kappa shape index (κ3) is 1.36. The van der Waals surface area contributed by atoms with Crippen LogP contribution >= 0.6 is 11.3 Å². The zero-order valence-corrected chi connectivity index (χ0v) is 6.77. The largest absolute Gasteiger partial charge is 0.411 e. The normalized spacial score (nSPS) is 12.0. The molecule has 54 valence electrons. The molecule has 1 aromatic heterocycles. The lowest BCUT2D eigenvalue weighted by Crippen LogP contribution is -1.88. The second kappa shape index (κ2) is 2.84. The molecule has 1 rings (SSSR count). The molecule has 0 bridgehead atoms. The van der Waals surface area contributed by atoms with E-state index in [9.17, 15) is 0 Å². The Bertz CT molecular complexity index is 252. The van der Waals surface area contributed by atoms with E-state index in [1.807, 2.05) is 18.4 Å². The predicted octanol–water partition coefficient (Wildman–Crippen LogP) is 2.25. The first-order chi connectivity index (χ1) is 4.74. The van der Waals surface area contributed by atoms with Crippen LogP contribution in [0.3, 0.4) is 0 Å². The molecular formula is C7H9NOS. The Morgan fingerprint density at radius 1 is 1.70 bits per heavy atom. The number of hydrogen-bond acceptors (Lipinski definition) is 3. The monoisotopic (exact) mass is 155 g/mol. The highest BCUT2D eigenvalue weighted by Gasteiger charge is 1.98. The van der Waals surface area contributed by atoms with Gasteiger partial charge in [-0.2, -0.15) is 0 Å². The maximum atomic E-state index is 8.39. The summed E-state index contributed by atoms with van der Waals surface area (Å²) in [5.41, 5.74) is 1.89. The molecule has 0 unspecified atom stereocenters. The van der Waals surface area contributed by atoms with Crippen molar-refractivity contribution in [1.29, 1.82) is 0 Å². The van der Waals surface area contributed by atoms with Crippen LogP contribution in [-0.2, 0) is 0 Å². The average molecular weight is 155 g/mol. The molecule has 0 aliphatic carbocycles. The van der Waals surface area contributed by atoms with E-state index in [-0.39, 0.29) is 0 Å². The van der Waals surface area contributed by atoms with Crippen LogP contribution in [0.2, 0.25) is 0 Å². The SMILES string of the molecule is C/C(=N\O)c1cc(C)cs1. The molecule has 10 heavy (non-hydrogen) atoms. The van der Waals surface area contributed by atoms with Crippen LogP contribution in [0, 0.1) is 6.92 Å². The van der Waals surface area contributed by atoms with Gasteiger partial charge in [-0.3, -0.25) is 0 Å². The Morgan fingerprint density at radius 2 is 2.40 bits per heavy atom. The molecule has 0 saturated heterocycles. The van der Waals surface area contributed by atoms with Gasteiger partial charge < -0.3 is 5.21 Å². The highest BCUT2D eigenvalue weighted by molar-refractivity contribution is 7.12. The number of thiophene rings is 1. The van der Waals surface area contributed by atoms with Crippen LogP contribution in [0.5, 0.6) is 0 Å². The smallest absolute Gasteiger partial charge is 0.0936 e. The summed E-state index contributed by atoms with van der Waals surface area (Å²) in [6.45, 7) is 3.80. The molecule has 1 aromatic rings. The summed E-state index contributed by atoms with van der Waals surface area (Å²) >= 11 is 1.59. The molecule has 3 heteroatoms. The van der Waals surface area contributed by atoms with E-state index >= 15 is 0 Å². The van der Waals surface area contributed by atoms with Crippen molar-refractivity contribution in [3.63, 3.8) is 0 Å². The summed E-state index contributed by atoms with van der Waals surface area (Å²) < 4.78 is 0. The molecule has 0 aromatic carbocycles. The van der Waals surface area contributed by atoms with Gasteiger partial charge in [-0.15, -0.1) is 11.3 Å². The van der Waals surface area contributed by atoms with Crippen molar-refractivity contribution in [2.24, 2.45) is 5.16 Å². The standard InChI is InChI=1S/C7H9NOS/c1-5-3-7(10-4-5)6(2)8-9/h3-4,9H,1-2H3/b8-6+. The summed E-state index contributed by atoms with van der Waals surface area (Å²) in [5, 5.41) is 13.5. The van der Waals surface area contributed by atoms with Crippen LogP contribution in [0.4, 0.5) is 0 Å². The average Bonchev–Trinajstić information content (AvgIpc) is 2.34. The Kier molecular flexibility index (Phi) is 2.06. The molecular weight excluding hydrogens is 146 g/mol. The molecule has 0 saturated carbocycles. The highest BCUT2D eigenvalue weighted by Crippen LogP contribution is 2.13. The van der Waals surface area contributed by atoms with E-state index < -0.39 is 0 Å². The maximum absolute atomic E-state index is 8.39. The third-order valence-electron chi connectivity index (χ3n) is 1.24. The molecule has 0 spiro atoms. The Labute approximate surface area is 63.8 Å². The third-order valence-corrected chi connectivity index (χ3v) is 2.39. The summed E-state index contributed by atoms with van der Waals surface area (Å²) in [6.07, 6.45) is 0. The first-order valence-electron chi connectivity index (χ1n) is 2.98. The van der Waals surface area contributed by atoms with Gasteiger partial charge in [0.25, 0.3) is 0 Å². The number of nitrogens with zero attached hydrogens (tertiary/aromatic N) is 1. The van der Waals surface area contributed by atoms with Crippen molar-refractivity contribution in [1.82, 2.24) is 0 Å². The number of oxime groups is 1. The first kappa shape index (κ1) is 7.28. The van der Waals surface area contributed by atoms with Gasteiger partial charge in [0, 0.05) is 0 Å². The van der Waals surface area contributed by atoms with E-state index in [0.29, 0.717) is 5.71 Å². The summed E-state index contributed by atoms with van der Waals surface area (Å²) in [6, 6.07) is 2.00. The first-order valence-corrected chi connectivity index (χ1v) is 3.86. The summed E-state index contributed by atoms with van der Waals surface area (Å²) in [5.74, 6) is 0. The highest BCUT2D eigenvalue weighted by atomic mass is 32.1. The molecule has 0 fully saturated rings. The van der Waals surface area contributed by atoms with Crippen LogP contribution in [-0.4, -0.2) is 10.9 Å². The van der Waals surface area contributed by atoms with E-state index in [2.05, 4.69) is 5.16 Å². The fourth-order valence-corrected chi connectivity index (χ4v) is 1.52. The van der Waals surface area contributed by atoms with Gasteiger partial charge in [-0.25, -0.2) is 0 Å². The summed E-state index contributed by atoms with van der Waals surface area (Å²) in [4.78, 5) is 1.03. The van der Waals surface area contributed by atoms with Crippen molar-refractivity contribution in [3.05, 3.63) is 21.9 Å². The minimum Gasteiger partial charge on any atom is -0.411 e. The van der Waals surface area contributed by atoms with Crippen LogP contribution in [0.15, 0.2) is 16.6 Å². The summed E-state index contributed by atoms with van der Waals surface area (Å²) in [7, 11) is 0. The second-order valence-electron chi connectivity index (χ2n) is 2.17. The van der Waals surface area contributed by atoms with Gasteiger partial charge >= 0.3 is 0 Å². The van der Waals surface area contributed by atoms with Crippen LogP contribution < -0.4 is 0 Å². The molecule has 0 amide bonds. The Hall–Kier alpha value is -0.830. The van der Waals surface area contributed by atoms with Gasteiger partial charge in [0.1, 0.15) is 0 Å². The lowest BCUT2D eigenvalue weighted by Gasteiger charge is -1.87. The van der Waals surface area contributed by atoms with E-state index in [1.54, 1.807) is 18.3 Å². The fourth-order valence-electron chi connectivity index (χ4n) is 0.670. The lowest BCUT2D eigenvalue weighted by atomic mass is 10.3. The molecule has 1 heterocycles. The van der Waals surface area contributed by atoms with Gasteiger partial charge in [0.15, 0.2) is 0 Å². The maximum Gasteiger partial charge on any atom is 0.0936 e. The van der Waals surface area contributed by atoms with Crippen LogP contribution in [0.25, 0.3) is 0 Å². The van der Waals surface area contributed by atoms with E-state index in [1.165, 1.54) is 5.56 Å². The number of aryl methyl sites for hydroxylation is 1. The van der Waals surface area contributed by atoms with E-state index in [4.69, 9.17) is 5.21 Å². The second-order valence-corrected chi connectivity index (χ2v) is 3.08. The molecule has 1 N–H and O–H groups in total. The van der Waals surface area contributed by atoms with Crippen LogP contribution in [0.1, 0.15) is 17.4 Å². The molecule has 0 aliphatic rings. The predicted molar refractivity (Wildman–Crippen MR) is 43.1 cm³/mol. The van der Waals surface area contributed by atoms with Crippen molar-refractivity contribution in [3.8, 4) is 0 Å².